The van der Waals surface area contributed by atoms with E-state index >= 15 is 9.59 Å². The van der Waals surface area contributed by atoms with Gasteiger partial charge in [-0.3, -0.25) is 91.5 Å². The first kappa shape index (κ1) is 95.8. The Hall–Kier alpha value is -11.4. The van der Waals surface area contributed by atoms with Crippen LogP contribution in [0.5, 0.6) is 0 Å². The Labute approximate surface area is 701 Å². The molecular formula is C82H117N19O18S. The molecule has 654 valence electrons. The number of aliphatic carboxylic acids is 3. The number of primary amides is 2. The number of carboxylic acids is 3. The van der Waals surface area contributed by atoms with E-state index in [4.69, 9.17) is 11.5 Å². The second-order valence-corrected chi connectivity index (χ2v) is 32.3. The summed E-state index contributed by atoms with van der Waals surface area (Å²) in [6.07, 6.45) is 7.20. The number of hydrogen-bond donors (Lipinski definition) is 17. The van der Waals surface area contributed by atoms with Crippen molar-refractivity contribution >= 4 is 111 Å². The Morgan fingerprint density at radius 3 is 1.54 bits per heavy atom. The molecule has 120 heavy (non-hydrogen) atoms. The molecule has 7 rings (SSSR count). The van der Waals surface area contributed by atoms with Crippen molar-refractivity contribution in [3.8, 4) is 0 Å². The van der Waals surface area contributed by atoms with Crippen molar-refractivity contribution in [2.75, 3.05) is 104 Å². The molecule has 1 aliphatic heterocycles. The smallest absolute Gasteiger partial charge is 0.317 e. The lowest BCUT2D eigenvalue weighted by Gasteiger charge is -2.33. The fraction of sp³-hybridized carbons (Fsp3) is 0.537. The molecule has 1 saturated heterocycles. The highest BCUT2D eigenvalue weighted by molar-refractivity contribution is 7.98. The third-order valence-electron chi connectivity index (χ3n) is 21.1. The maximum atomic E-state index is 15.5. The number of para-hydroxylation sites is 1. The molecule has 2 aliphatic rings. The quantitative estimate of drug-likeness (QED) is 0.0225. The molecule has 5 aromatic rings. The van der Waals surface area contributed by atoms with E-state index in [1.807, 2.05) is 25.0 Å². The minimum Gasteiger partial charge on any atom is -0.480 e. The van der Waals surface area contributed by atoms with Gasteiger partial charge in [0.25, 0.3) is 0 Å². The number of nitrogens with zero attached hydrogens (tertiary/aromatic N) is 5. The zero-order valence-electron chi connectivity index (χ0n) is 68.8. The van der Waals surface area contributed by atoms with Crippen molar-refractivity contribution in [1.29, 1.82) is 0 Å². The van der Waals surface area contributed by atoms with Crippen LogP contribution in [0.25, 0.3) is 10.9 Å². The summed E-state index contributed by atoms with van der Waals surface area (Å²) in [7, 11) is 0. The van der Waals surface area contributed by atoms with Crippen molar-refractivity contribution in [3.63, 3.8) is 0 Å². The van der Waals surface area contributed by atoms with Crippen LogP contribution in [0.2, 0.25) is 0 Å². The molecule has 1 aliphatic carbocycles. The number of thioether (sulfide) groups is 1. The number of aromatic amines is 2. The molecule has 1 saturated carbocycles. The highest BCUT2D eigenvalue weighted by Crippen LogP contribution is 2.32. The third-order valence-corrected chi connectivity index (χ3v) is 21.8. The number of hydrogen-bond acceptors (Lipinski definition) is 21. The molecule has 2 aromatic heterocycles. The second-order valence-electron chi connectivity index (χ2n) is 31.3. The van der Waals surface area contributed by atoms with Crippen molar-refractivity contribution in [2.45, 2.75) is 153 Å². The molecule has 0 unspecified atom stereocenters. The van der Waals surface area contributed by atoms with Crippen LogP contribution in [-0.4, -0.2) is 291 Å². The van der Waals surface area contributed by atoms with E-state index in [-0.39, 0.29) is 135 Å². The average Bonchev–Trinajstić information content (AvgIpc) is 1.01. The van der Waals surface area contributed by atoms with E-state index in [0.29, 0.717) is 64.7 Å². The topological polar surface area (TPSA) is 547 Å². The number of fused-ring (bicyclic) bond motifs is 1. The molecule has 3 aromatic carbocycles. The number of rotatable bonds is 45. The first-order valence-corrected chi connectivity index (χ1v) is 41.8. The van der Waals surface area contributed by atoms with Gasteiger partial charge in [0, 0.05) is 119 Å². The van der Waals surface area contributed by atoms with Crippen molar-refractivity contribution in [2.24, 2.45) is 35.1 Å². The SMILES string of the molecule is CSCC[C@H](NC(=O)[C@H](CC(C)C)NC(=O)[C@H](Cc1cnc[nH]1)NC(=O)CNC(=O)[C@@H](NC(=O)[C@H](C)NC(=O)[C@H](Cc1c[nH]c2ccccc12)NC(=O)[C@H](CCC(N)=O)NC(=O)[C@@H](NC(=O)C1CCC(CNC(=O)CN2CCN(CC(=O)O)CCN(CC(=O)O)CCN(CC(=O)O)CC2)CC1)C(c1ccccc1)c1ccccc1)C(C)C)C(N)=O. The lowest BCUT2D eigenvalue weighted by atomic mass is 9.80. The van der Waals surface area contributed by atoms with Gasteiger partial charge in [-0.1, -0.05) is 107 Å². The minimum absolute atomic E-state index is 0.0704. The van der Waals surface area contributed by atoms with Crippen LogP contribution in [0.1, 0.15) is 114 Å². The Kier molecular flexibility index (Phi) is 38.8. The summed E-state index contributed by atoms with van der Waals surface area (Å²) in [4.78, 5) is 221. The van der Waals surface area contributed by atoms with Gasteiger partial charge in [-0.05, 0) is 104 Å². The zero-order chi connectivity index (χ0) is 87.5. The predicted octanol–water partition coefficient (Wildman–Crippen LogP) is -0.873. The van der Waals surface area contributed by atoms with Crippen LogP contribution in [0.4, 0.5) is 0 Å². The lowest BCUT2D eigenvalue weighted by molar-refractivity contribution is -0.140. The fourth-order valence-electron chi connectivity index (χ4n) is 14.5. The van der Waals surface area contributed by atoms with Crippen LogP contribution < -0.4 is 64.6 Å². The number of H-pyrrole nitrogens is 2. The molecule has 0 spiro atoms. The number of nitrogens with one attached hydrogen (secondary N) is 12. The zero-order valence-corrected chi connectivity index (χ0v) is 69.6. The summed E-state index contributed by atoms with van der Waals surface area (Å²) in [5.74, 6) is -14.1. The van der Waals surface area contributed by atoms with E-state index in [1.54, 1.807) is 120 Å². The van der Waals surface area contributed by atoms with Gasteiger partial charge in [-0.25, -0.2) is 4.98 Å². The van der Waals surface area contributed by atoms with Crippen LogP contribution in [-0.2, 0) is 84.8 Å². The van der Waals surface area contributed by atoms with Gasteiger partial charge in [0.1, 0.15) is 48.3 Å². The molecule has 37 nitrogen and oxygen atoms in total. The number of amides is 12. The molecule has 8 atom stereocenters. The molecule has 38 heteroatoms. The highest BCUT2D eigenvalue weighted by Gasteiger charge is 2.40. The first-order chi connectivity index (χ1) is 57.2. The first-order valence-electron chi connectivity index (χ1n) is 40.4. The monoisotopic (exact) mass is 1690 g/mol. The number of aromatic nitrogens is 3. The average molecular weight is 1690 g/mol. The van der Waals surface area contributed by atoms with E-state index < -0.39 is 162 Å². The van der Waals surface area contributed by atoms with Gasteiger partial charge < -0.3 is 89.9 Å². The van der Waals surface area contributed by atoms with Gasteiger partial charge in [0.15, 0.2) is 0 Å². The highest BCUT2D eigenvalue weighted by atomic mass is 32.2. The van der Waals surface area contributed by atoms with Gasteiger partial charge in [-0.15, -0.1) is 0 Å². The normalized spacial score (nSPS) is 17.3. The van der Waals surface area contributed by atoms with Crippen LogP contribution in [0.15, 0.2) is 104 Å². The van der Waals surface area contributed by atoms with E-state index in [2.05, 4.69) is 68.1 Å². The number of benzene rings is 3. The second kappa shape index (κ2) is 48.6. The molecule has 19 N–H and O–H groups in total. The predicted molar refractivity (Wildman–Crippen MR) is 445 cm³/mol. The van der Waals surface area contributed by atoms with Crippen molar-refractivity contribution < 1.29 is 87.2 Å². The van der Waals surface area contributed by atoms with Crippen molar-refractivity contribution in [3.05, 3.63) is 126 Å². The molecular weight excluding hydrogens is 1570 g/mol. The number of carbonyl (C=O) groups is 15. The summed E-state index contributed by atoms with van der Waals surface area (Å²) < 4.78 is 0. The maximum Gasteiger partial charge on any atom is 0.317 e. The van der Waals surface area contributed by atoms with Gasteiger partial charge >= 0.3 is 17.9 Å². The third kappa shape index (κ3) is 32.1. The molecule has 3 heterocycles. The Bertz CT molecular complexity index is 4190. The van der Waals surface area contributed by atoms with E-state index in [1.165, 1.54) is 31.2 Å². The van der Waals surface area contributed by atoms with Gasteiger partial charge in [0.2, 0.25) is 70.9 Å². The molecule has 12 amide bonds. The minimum atomic E-state index is -1.60. The van der Waals surface area contributed by atoms with E-state index in [9.17, 15) is 77.6 Å². The van der Waals surface area contributed by atoms with Crippen molar-refractivity contribution in [1.82, 2.24) is 87.7 Å². The largest absolute Gasteiger partial charge is 0.480 e. The summed E-state index contributed by atoms with van der Waals surface area (Å²) >= 11 is 1.45. The fourth-order valence-corrected chi connectivity index (χ4v) is 15.0. The summed E-state index contributed by atoms with van der Waals surface area (Å²) in [6.45, 7) is 8.52. The van der Waals surface area contributed by atoms with Gasteiger partial charge in [0.05, 0.1) is 39.1 Å². The van der Waals surface area contributed by atoms with Gasteiger partial charge in [-0.2, -0.15) is 11.8 Å². The Morgan fingerprint density at radius 1 is 0.508 bits per heavy atom. The number of imidazole rings is 1. The van der Waals surface area contributed by atoms with Crippen LogP contribution in [0, 0.1) is 23.7 Å². The maximum absolute atomic E-state index is 15.5. The summed E-state index contributed by atoms with van der Waals surface area (Å²) in [6, 6.07) is 14.2. The van der Waals surface area contributed by atoms with Crippen LogP contribution in [0.3, 0.4) is 0 Å². The number of carbonyl (C=O) groups excluding carboxylic acids is 12. The summed E-state index contributed by atoms with van der Waals surface area (Å²) in [5, 5.41) is 57.1. The van der Waals surface area contributed by atoms with Crippen LogP contribution >= 0.6 is 11.8 Å². The molecule has 2 fully saturated rings. The standard InChI is InChI=1S/C82H117N19O18S/c1-49(2)37-62(79(116)92-60(74(84)111)27-36-120-6)94-80(117)64(39-57-42-85-48-89-57)91-66(103)43-88-81(118)72(50(3)4)96-75(112)51(5)90-78(115)63(38-56-41-86-59-20-14-13-19-58(56)59)95-77(114)61(25-26-65(83)102)93-82(119)73(71(53-15-9-7-10-16-53)54-17-11-8-12-18-54)97-76(113)55-23-21-52(22-24-55)40-87-67(104)44-98-28-30-99(45-68(105)106)32-34-101(47-70(109)110)35-33-100(31-29-98)46-69(107)108/h7-20,41-42,48-52,55,60-64,71-73,86H,21-40,43-47H2,1-6H3,(H2,83,102)(H2,84,111)(H,85,89)(H,87,104)(H,88,118)(H,90,115)(H,91,103)(H,92,116)(H,93,119)(H,94,117)(H,95,114)(H,96,112)(H,97,113)(H,105,106)(H,107,108)(H,109,110)/t51-,52?,55?,60-,61-,62-,63-,64-,72-,73-/m0/s1. The Morgan fingerprint density at radius 2 is 1.02 bits per heavy atom. The molecule has 0 radical (unpaired) electrons. The molecule has 0 bridgehead atoms. The number of nitrogens with two attached hydrogens (primary N) is 2. The lowest BCUT2D eigenvalue weighted by Crippen LogP contribution is -2.60. The Balaban J connectivity index is 1.04. The number of carboxylic acid groups (broad SMARTS) is 3. The van der Waals surface area contributed by atoms with E-state index in [0.717, 1.165) is 0 Å². The summed E-state index contributed by atoms with van der Waals surface area (Å²) in [5.41, 5.74) is 14.2.